The van der Waals surface area contributed by atoms with Crippen LogP contribution in [0.1, 0.15) is 174 Å². The molecule has 0 aromatic heterocycles. The highest BCUT2D eigenvalue weighted by Gasteiger charge is 2.43. The maximum atomic E-state index is 14.5. The van der Waals surface area contributed by atoms with Crippen LogP contribution in [0.5, 0.6) is 0 Å². The molecule has 0 spiro atoms. The molecule has 0 aliphatic rings. The number of unbranched alkanes of at least 4 members (excludes halogenated alkanes) is 20. The highest BCUT2D eigenvalue weighted by atomic mass is 32.3. The lowest BCUT2D eigenvalue weighted by Crippen LogP contribution is -2.49. The van der Waals surface area contributed by atoms with Crippen LogP contribution in [0.4, 0.5) is 0 Å². The summed E-state index contributed by atoms with van der Waals surface area (Å²) < 4.78 is 59.3. The first-order chi connectivity index (χ1) is 23.2. The van der Waals surface area contributed by atoms with Gasteiger partial charge in [-0.25, -0.2) is 25.4 Å². The lowest BCUT2D eigenvalue weighted by molar-refractivity contribution is 0.368. The van der Waals surface area contributed by atoms with Gasteiger partial charge in [0.1, 0.15) is 0 Å². The molecule has 12 heteroatoms. The standard InChI is InChI=1S/C36H64N6O4S2/c1-2-3-4-9-18-27-36(47(43,44)41(32-23-14-5-10-19-28-37)33-24-15-6-11-20-29-38)48(45,46)42(34-25-16-7-12-21-30-39)35-26-17-8-13-22-31-40/h36H,2-27,32-35H2,1H3. The van der Waals surface area contributed by atoms with Crippen molar-refractivity contribution in [1.29, 1.82) is 21.0 Å². The monoisotopic (exact) mass is 708 g/mol. The van der Waals surface area contributed by atoms with Gasteiger partial charge in [-0.1, -0.05) is 90.4 Å². The van der Waals surface area contributed by atoms with Gasteiger partial charge in [0.25, 0.3) is 0 Å². The van der Waals surface area contributed by atoms with Crippen molar-refractivity contribution in [1.82, 2.24) is 8.61 Å². The quantitative estimate of drug-likeness (QED) is 0.0597. The minimum absolute atomic E-state index is 0.0655. The van der Waals surface area contributed by atoms with Gasteiger partial charge in [0.05, 0.1) is 24.3 Å². The van der Waals surface area contributed by atoms with Crippen molar-refractivity contribution in [2.75, 3.05) is 26.2 Å². The summed E-state index contributed by atoms with van der Waals surface area (Å²) in [6.07, 6.45) is 18.1. The molecule has 0 aliphatic carbocycles. The number of nitrogens with zero attached hydrogens (tertiary/aromatic N) is 6. The SMILES string of the molecule is CCCCCCCC(S(=O)(=O)N(CCCCCCC#N)CCCCCCC#N)S(=O)(=O)N(CCCCCCC#N)CCCCCCC#N. The fraction of sp³-hybridized carbons (Fsp3) is 0.889. The van der Waals surface area contributed by atoms with Crippen molar-refractivity contribution in [3.05, 3.63) is 0 Å². The zero-order valence-electron chi connectivity index (χ0n) is 29.9. The van der Waals surface area contributed by atoms with E-state index >= 15 is 0 Å². The topological polar surface area (TPSA) is 170 Å². The fourth-order valence-electron chi connectivity index (χ4n) is 5.81. The molecule has 0 bridgehead atoms. The number of rotatable bonds is 34. The molecule has 0 amide bonds. The second-order valence-corrected chi connectivity index (χ2v) is 17.3. The molecular weight excluding hydrogens is 645 g/mol. The molecule has 0 saturated heterocycles. The van der Waals surface area contributed by atoms with Crippen LogP contribution in [0.2, 0.25) is 0 Å². The molecule has 10 nitrogen and oxygen atoms in total. The third-order valence-electron chi connectivity index (χ3n) is 8.71. The Labute approximate surface area is 294 Å². The van der Waals surface area contributed by atoms with Gasteiger partial charge < -0.3 is 0 Å². The Morgan fingerprint density at radius 2 is 0.688 bits per heavy atom. The molecular formula is C36H64N6O4S2. The minimum atomic E-state index is -4.21. The summed E-state index contributed by atoms with van der Waals surface area (Å²) in [5, 5.41) is 35.4. The maximum absolute atomic E-state index is 14.5. The lowest BCUT2D eigenvalue weighted by Gasteiger charge is -2.32. The van der Waals surface area contributed by atoms with Crippen molar-refractivity contribution in [2.24, 2.45) is 0 Å². The van der Waals surface area contributed by atoms with Gasteiger partial charge in [0, 0.05) is 51.9 Å². The minimum Gasteiger partial charge on any atom is -0.211 e. The van der Waals surface area contributed by atoms with E-state index in [9.17, 15) is 16.8 Å². The van der Waals surface area contributed by atoms with Crippen LogP contribution in [-0.2, 0) is 20.0 Å². The van der Waals surface area contributed by atoms with Crippen LogP contribution >= 0.6 is 0 Å². The van der Waals surface area contributed by atoms with E-state index in [2.05, 4.69) is 31.2 Å². The van der Waals surface area contributed by atoms with E-state index in [4.69, 9.17) is 21.0 Å². The largest absolute Gasteiger partial charge is 0.232 e. The molecule has 0 atom stereocenters. The predicted molar refractivity (Wildman–Crippen MR) is 193 cm³/mol. The number of nitriles is 4. The second-order valence-electron chi connectivity index (χ2n) is 12.8. The molecule has 0 rings (SSSR count). The highest BCUT2D eigenvalue weighted by Crippen LogP contribution is 2.27. The van der Waals surface area contributed by atoms with Gasteiger partial charge in [-0.05, 0) is 57.8 Å². The van der Waals surface area contributed by atoms with E-state index in [0.29, 0.717) is 57.8 Å². The van der Waals surface area contributed by atoms with Crippen molar-refractivity contribution in [2.45, 2.75) is 178 Å². The zero-order chi connectivity index (χ0) is 35.8. The summed E-state index contributed by atoms with van der Waals surface area (Å²) in [5.41, 5.74) is 0. The summed E-state index contributed by atoms with van der Waals surface area (Å²) >= 11 is 0. The number of sulfonamides is 2. The van der Waals surface area contributed by atoms with Crippen molar-refractivity contribution < 1.29 is 16.8 Å². The van der Waals surface area contributed by atoms with Crippen LogP contribution in [0.25, 0.3) is 0 Å². The second kappa shape index (κ2) is 30.8. The Morgan fingerprint density at radius 3 is 0.979 bits per heavy atom. The molecule has 0 aliphatic heterocycles. The molecule has 0 saturated carbocycles. The number of hydrogen-bond donors (Lipinski definition) is 0. The van der Waals surface area contributed by atoms with Crippen molar-refractivity contribution in [3.63, 3.8) is 0 Å². The molecule has 0 heterocycles. The Kier molecular flexibility index (Phi) is 29.4. The highest BCUT2D eigenvalue weighted by molar-refractivity contribution is 8.07. The average Bonchev–Trinajstić information content (AvgIpc) is 3.06. The van der Waals surface area contributed by atoms with Crippen LogP contribution < -0.4 is 0 Å². The van der Waals surface area contributed by atoms with E-state index < -0.39 is 24.6 Å². The van der Waals surface area contributed by atoms with E-state index in [1.165, 1.54) is 8.61 Å². The summed E-state index contributed by atoms with van der Waals surface area (Å²) in [5.74, 6) is 0. The van der Waals surface area contributed by atoms with E-state index in [1.807, 2.05) is 0 Å². The third kappa shape index (κ3) is 21.7. The van der Waals surface area contributed by atoms with Crippen molar-refractivity contribution >= 4 is 20.0 Å². The fourth-order valence-corrected chi connectivity index (χ4v) is 10.9. The summed E-state index contributed by atoms with van der Waals surface area (Å²) in [6.45, 7) is 3.13. The van der Waals surface area contributed by atoms with Gasteiger partial charge in [-0.3, -0.25) is 0 Å². The van der Waals surface area contributed by atoms with Crippen LogP contribution in [0, 0.1) is 45.3 Å². The van der Waals surface area contributed by atoms with Crippen LogP contribution in [0.15, 0.2) is 0 Å². The molecule has 274 valence electrons. The molecule has 48 heavy (non-hydrogen) atoms. The van der Waals surface area contributed by atoms with Crippen LogP contribution in [0.3, 0.4) is 0 Å². The van der Waals surface area contributed by atoms with E-state index in [-0.39, 0.29) is 32.6 Å². The molecule has 0 fully saturated rings. The van der Waals surface area contributed by atoms with Gasteiger partial charge in [-0.15, -0.1) is 0 Å². The first kappa shape index (κ1) is 45.8. The van der Waals surface area contributed by atoms with E-state index in [1.54, 1.807) is 0 Å². The summed E-state index contributed by atoms with van der Waals surface area (Å²) in [6, 6.07) is 8.58. The average molecular weight is 709 g/mol. The van der Waals surface area contributed by atoms with Gasteiger partial charge >= 0.3 is 0 Å². The van der Waals surface area contributed by atoms with Gasteiger partial charge in [-0.2, -0.15) is 21.0 Å². The normalized spacial score (nSPS) is 11.8. The maximum Gasteiger partial charge on any atom is 0.232 e. The van der Waals surface area contributed by atoms with Crippen molar-refractivity contribution in [3.8, 4) is 24.3 Å². The Balaban J connectivity index is 6.20. The Bertz CT molecular complexity index is 1040. The van der Waals surface area contributed by atoms with E-state index in [0.717, 1.165) is 103 Å². The first-order valence-electron chi connectivity index (χ1n) is 18.7. The smallest absolute Gasteiger partial charge is 0.211 e. The van der Waals surface area contributed by atoms with Crippen LogP contribution in [-0.4, -0.2) is 56.2 Å². The predicted octanol–water partition coefficient (Wildman–Crippen LogP) is 8.83. The molecule has 0 radical (unpaired) electrons. The Morgan fingerprint density at radius 1 is 0.417 bits per heavy atom. The molecule has 0 aromatic carbocycles. The number of hydrogen-bond acceptors (Lipinski definition) is 8. The summed E-state index contributed by atoms with van der Waals surface area (Å²) in [7, 11) is -8.42. The Hall–Kier alpha value is -2.22. The van der Waals surface area contributed by atoms with Gasteiger partial charge in [0.15, 0.2) is 4.58 Å². The third-order valence-corrected chi connectivity index (χ3v) is 14.1. The summed E-state index contributed by atoms with van der Waals surface area (Å²) in [4.78, 5) is 0. The molecule has 0 aromatic rings. The zero-order valence-corrected chi connectivity index (χ0v) is 31.6. The molecule has 0 unspecified atom stereocenters. The first-order valence-corrected chi connectivity index (χ1v) is 21.7. The lowest BCUT2D eigenvalue weighted by atomic mass is 10.1. The molecule has 0 N–H and O–H groups in total. The van der Waals surface area contributed by atoms with Gasteiger partial charge in [0.2, 0.25) is 20.0 Å².